The summed E-state index contributed by atoms with van der Waals surface area (Å²) in [5.74, 6) is -0.412. The lowest BCUT2D eigenvalue weighted by atomic mass is 10.1. The number of nitrogens with one attached hydrogen (secondary N) is 1. The highest BCUT2D eigenvalue weighted by Gasteiger charge is 2.28. The van der Waals surface area contributed by atoms with Crippen LogP contribution in [0.15, 0.2) is 16.6 Å². The number of rotatable bonds is 4. The lowest BCUT2D eigenvalue weighted by Gasteiger charge is -2.33. The molecular weight excluding hydrogens is 328 g/mol. The smallest absolute Gasteiger partial charge is 0.322 e. The number of aromatic hydroxyl groups is 1. The van der Waals surface area contributed by atoms with Gasteiger partial charge in [0.1, 0.15) is 6.04 Å². The summed E-state index contributed by atoms with van der Waals surface area (Å²) < 4.78 is 5.64. The van der Waals surface area contributed by atoms with Crippen molar-refractivity contribution in [2.45, 2.75) is 12.6 Å². The Balaban J connectivity index is 2.20. The number of benzene rings is 1. The molecule has 0 amide bonds. The Kier molecular flexibility index (Phi) is 4.85. The molecule has 1 atom stereocenters. The Morgan fingerprint density at radius 3 is 3.00 bits per heavy atom. The van der Waals surface area contributed by atoms with Gasteiger partial charge in [-0.2, -0.15) is 0 Å². The third kappa shape index (κ3) is 3.23. The predicted octanol–water partition coefficient (Wildman–Crippen LogP) is 1.02. The van der Waals surface area contributed by atoms with Crippen LogP contribution < -0.4 is 10.1 Å². The minimum atomic E-state index is -0.831. The number of halogens is 1. The number of ether oxygens (including phenoxy) is 1. The predicted molar refractivity (Wildman–Crippen MR) is 77.1 cm³/mol. The van der Waals surface area contributed by atoms with Crippen LogP contribution in [0.2, 0.25) is 0 Å². The summed E-state index contributed by atoms with van der Waals surface area (Å²) in [4.78, 5) is 13.1. The van der Waals surface area contributed by atoms with Crippen LogP contribution in [0.1, 0.15) is 5.56 Å². The van der Waals surface area contributed by atoms with Gasteiger partial charge in [-0.15, -0.1) is 0 Å². The standard InChI is InChI=1S/C13H17BrN2O4/c1-20-11-5-8(4-9(14)12(11)17)7-16-3-2-15-6-10(16)13(18)19/h4-5,10,15,17H,2-3,6-7H2,1H3,(H,18,19). The van der Waals surface area contributed by atoms with Gasteiger partial charge in [0.15, 0.2) is 11.5 Å². The van der Waals surface area contributed by atoms with Crippen molar-refractivity contribution in [1.29, 1.82) is 0 Å². The maximum absolute atomic E-state index is 11.2. The van der Waals surface area contributed by atoms with Crippen LogP contribution in [-0.2, 0) is 11.3 Å². The maximum Gasteiger partial charge on any atom is 0.322 e. The highest BCUT2D eigenvalue weighted by atomic mass is 79.9. The van der Waals surface area contributed by atoms with E-state index in [0.717, 1.165) is 12.1 Å². The van der Waals surface area contributed by atoms with Crippen molar-refractivity contribution in [3.05, 3.63) is 22.2 Å². The molecule has 0 aliphatic carbocycles. The van der Waals surface area contributed by atoms with E-state index < -0.39 is 12.0 Å². The number of piperazine rings is 1. The Morgan fingerprint density at radius 2 is 2.35 bits per heavy atom. The number of carboxylic acids is 1. The first kappa shape index (κ1) is 15.1. The molecule has 1 aromatic carbocycles. The number of phenolic OH excluding ortho intramolecular Hbond substituents is 1. The first-order valence-electron chi connectivity index (χ1n) is 6.26. The fourth-order valence-electron chi connectivity index (χ4n) is 2.29. The quantitative estimate of drug-likeness (QED) is 0.756. The lowest BCUT2D eigenvalue weighted by molar-refractivity contribution is -0.144. The monoisotopic (exact) mass is 344 g/mol. The number of hydrogen-bond donors (Lipinski definition) is 3. The van der Waals surface area contributed by atoms with Gasteiger partial charge >= 0.3 is 5.97 Å². The number of nitrogens with zero attached hydrogens (tertiary/aromatic N) is 1. The molecule has 1 aliphatic rings. The van der Waals surface area contributed by atoms with Gasteiger partial charge in [-0.05, 0) is 33.6 Å². The minimum absolute atomic E-state index is 0.0475. The molecule has 20 heavy (non-hydrogen) atoms. The number of carboxylic acid groups (broad SMARTS) is 1. The van der Waals surface area contributed by atoms with Crippen LogP contribution in [-0.4, -0.2) is 53.9 Å². The summed E-state index contributed by atoms with van der Waals surface area (Å²) in [7, 11) is 1.48. The van der Waals surface area contributed by atoms with E-state index in [1.807, 2.05) is 4.90 Å². The van der Waals surface area contributed by atoms with Gasteiger partial charge in [0, 0.05) is 26.2 Å². The van der Waals surface area contributed by atoms with Crippen molar-refractivity contribution in [2.75, 3.05) is 26.7 Å². The molecule has 1 saturated heterocycles. The first-order valence-corrected chi connectivity index (χ1v) is 7.05. The fraction of sp³-hybridized carbons (Fsp3) is 0.462. The Labute approximate surface area is 125 Å². The number of aliphatic carboxylic acids is 1. The van der Waals surface area contributed by atoms with E-state index in [4.69, 9.17) is 4.74 Å². The molecule has 1 heterocycles. The average Bonchev–Trinajstić information content (AvgIpc) is 2.43. The zero-order chi connectivity index (χ0) is 14.7. The van der Waals surface area contributed by atoms with E-state index in [9.17, 15) is 15.0 Å². The molecule has 7 heteroatoms. The molecule has 0 radical (unpaired) electrons. The zero-order valence-corrected chi connectivity index (χ0v) is 12.7. The van der Waals surface area contributed by atoms with E-state index >= 15 is 0 Å². The van der Waals surface area contributed by atoms with Crippen molar-refractivity contribution < 1.29 is 19.7 Å². The second-order valence-corrected chi connectivity index (χ2v) is 5.51. The largest absolute Gasteiger partial charge is 0.503 e. The highest BCUT2D eigenvalue weighted by molar-refractivity contribution is 9.10. The fourth-order valence-corrected chi connectivity index (χ4v) is 2.78. The highest BCUT2D eigenvalue weighted by Crippen LogP contribution is 2.35. The molecule has 0 bridgehead atoms. The number of methoxy groups -OCH3 is 1. The molecule has 1 aromatic rings. The average molecular weight is 345 g/mol. The number of phenols is 1. The molecule has 0 spiro atoms. The van der Waals surface area contributed by atoms with Crippen molar-refractivity contribution in [3.63, 3.8) is 0 Å². The summed E-state index contributed by atoms with van der Waals surface area (Å²) in [6.45, 7) is 2.36. The molecule has 0 aromatic heterocycles. The van der Waals surface area contributed by atoms with E-state index in [1.54, 1.807) is 12.1 Å². The molecule has 1 aliphatic heterocycles. The Bertz CT molecular complexity index is 509. The van der Waals surface area contributed by atoms with Crippen LogP contribution in [0.5, 0.6) is 11.5 Å². The molecule has 3 N–H and O–H groups in total. The van der Waals surface area contributed by atoms with Gasteiger partial charge < -0.3 is 20.3 Å². The second-order valence-electron chi connectivity index (χ2n) is 4.66. The first-order chi connectivity index (χ1) is 9.52. The number of hydrogen-bond acceptors (Lipinski definition) is 5. The molecule has 1 unspecified atom stereocenters. The molecule has 2 rings (SSSR count). The summed E-state index contributed by atoms with van der Waals surface area (Å²) >= 11 is 3.27. The summed E-state index contributed by atoms with van der Waals surface area (Å²) in [6, 6.07) is 2.96. The Hall–Kier alpha value is -1.31. The topological polar surface area (TPSA) is 82.0 Å². The summed E-state index contributed by atoms with van der Waals surface area (Å²) in [5.41, 5.74) is 0.889. The SMILES string of the molecule is COc1cc(CN2CCNCC2C(=O)O)cc(Br)c1O. The van der Waals surface area contributed by atoms with Crippen LogP contribution in [0, 0.1) is 0 Å². The lowest BCUT2D eigenvalue weighted by Crippen LogP contribution is -2.54. The van der Waals surface area contributed by atoms with Gasteiger partial charge in [-0.25, -0.2) is 0 Å². The molecule has 1 fully saturated rings. The van der Waals surface area contributed by atoms with Gasteiger partial charge in [0.25, 0.3) is 0 Å². The van der Waals surface area contributed by atoms with Crippen LogP contribution in [0.4, 0.5) is 0 Å². The third-order valence-corrected chi connectivity index (χ3v) is 3.94. The second kappa shape index (κ2) is 6.43. The van der Waals surface area contributed by atoms with Crippen molar-refractivity contribution in [2.24, 2.45) is 0 Å². The van der Waals surface area contributed by atoms with Crippen LogP contribution >= 0.6 is 15.9 Å². The van der Waals surface area contributed by atoms with E-state index in [1.165, 1.54) is 7.11 Å². The third-order valence-electron chi connectivity index (χ3n) is 3.33. The van der Waals surface area contributed by atoms with Gasteiger partial charge in [0.2, 0.25) is 0 Å². The van der Waals surface area contributed by atoms with Gasteiger partial charge in [-0.1, -0.05) is 0 Å². The number of carbonyl (C=O) groups is 1. The summed E-state index contributed by atoms with van der Waals surface area (Å²) in [6.07, 6.45) is 0. The van der Waals surface area contributed by atoms with Crippen molar-refractivity contribution >= 4 is 21.9 Å². The van der Waals surface area contributed by atoms with Crippen LogP contribution in [0.25, 0.3) is 0 Å². The summed E-state index contributed by atoms with van der Waals surface area (Å²) in [5, 5.41) is 22.1. The van der Waals surface area contributed by atoms with Crippen molar-refractivity contribution in [1.82, 2.24) is 10.2 Å². The Morgan fingerprint density at radius 1 is 1.60 bits per heavy atom. The molecular formula is C13H17BrN2O4. The maximum atomic E-state index is 11.2. The molecule has 0 saturated carbocycles. The molecule has 6 nitrogen and oxygen atoms in total. The van der Waals surface area contributed by atoms with E-state index in [2.05, 4.69) is 21.2 Å². The normalized spacial score (nSPS) is 19.8. The van der Waals surface area contributed by atoms with Gasteiger partial charge in [-0.3, -0.25) is 9.69 Å². The zero-order valence-electron chi connectivity index (χ0n) is 11.1. The van der Waals surface area contributed by atoms with E-state index in [-0.39, 0.29) is 5.75 Å². The molecule has 110 valence electrons. The van der Waals surface area contributed by atoms with Crippen molar-refractivity contribution in [3.8, 4) is 11.5 Å². The van der Waals surface area contributed by atoms with Gasteiger partial charge in [0.05, 0.1) is 11.6 Å². The van der Waals surface area contributed by atoms with Crippen LogP contribution in [0.3, 0.4) is 0 Å². The minimum Gasteiger partial charge on any atom is -0.503 e. The van der Waals surface area contributed by atoms with E-state index in [0.29, 0.717) is 29.9 Å².